The van der Waals surface area contributed by atoms with Crippen LogP contribution in [0.2, 0.25) is 0 Å². The van der Waals surface area contributed by atoms with Crippen LogP contribution in [-0.4, -0.2) is 29.3 Å². The Morgan fingerprint density at radius 3 is 2.65 bits per heavy atom. The summed E-state index contributed by atoms with van der Waals surface area (Å²) in [5.74, 6) is 0.583. The van der Waals surface area contributed by atoms with Gasteiger partial charge in [0.05, 0.1) is 23.7 Å². The van der Waals surface area contributed by atoms with Crippen molar-refractivity contribution in [2.75, 3.05) is 18.5 Å². The Morgan fingerprint density at radius 2 is 2.10 bits per heavy atom. The minimum atomic E-state index is -0.505. The average Bonchev–Trinajstić information content (AvgIpc) is 2.42. The molecular formula is C14H22N2O4. The smallest absolute Gasteiger partial charge is 0.275 e. The Kier molecular flexibility index (Phi) is 6.24. The first-order chi connectivity index (χ1) is 9.43. The lowest BCUT2D eigenvalue weighted by atomic mass is 10.1. The topological polar surface area (TPSA) is 84.6 Å². The van der Waals surface area contributed by atoms with Crippen LogP contribution >= 0.6 is 0 Å². The van der Waals surface area contributed by atoms with Gasteiger partial charge >= 0.3 is 0 Å². The third-order valence-corrected chi connectivity index (χ3v) is 2.86. The lowest BCUT2D eigenvalue weighted by molar-refractivity contribution is -0.384. The molecule has 0 bridgehead atoms. The normalized spacial score (nSPS) is 12.2. The van der Waals surface area contributed by atoms with E-state index in [2.05, 4.69) is 5.32 Å². The summed E-state index contributed by atoms with van der Waals surface area (Å²) in [6.07, 6.45) is 0.326. The first-order valence-electron chi connectivity index (χ1n) is 6.78. The van der Waals surface area contributed by atoms with Gasteiger partial charge in [-0.2, -0.15) is 0 Å². The molecule has 1 aromatic carbocycles. The monoisotopic (exact) mass is 282 g/mol. The summed E-state index contributed by atoms with van der Waals surface area (Å²) in [6, 6.07) is 4.54. The lowest BCUT2D eigenvalue weighted by Crippen LogP contribution is -2.24. The zero-order valence-corrected chi connectivity index (χ0v) is 12.1. The van der Waals surface area contributed by atoms with Crippen LogP contribution in [0.1, 0.15) is 27.2 Å². The van der Waals surface area contributed by atoms with Gasteiger partial charge in [-0.15, -0.1) is 0 Å². The minimum absolute atomic E-state index is 0.0276. The predicted molar refractivity (Wildman–Crippen MR) is 78.2 cm³/mol. The van der Waals surface area contributed by atoms with Crippen LogP contribution in [0.4, 0.5) is 11.4 Å². The SMILES string of the molecule is CCCOc1cc(NCC(O)C(C)C)cc([N+](=O)[O-])c1. The number of nitro benzene ring substituents is 1. The zero-order chi connectivity index (χ0) is 15.1. The van der Waals surface area contributed by atoms with Crippen LogP contribution in [0.25, 0.3) is 0 Å². The summed E-state index contributed by atoms with van der Waals surface area (Å²) >= 11 is 0. The molecule has 2 N–H and O–H groups in total. The van der Waals surface area contributed by atoms with Gasteiger partial charge in [-0.1, -0.05) is 20.8 Å². The Hall–Kier alpha value is -1.82. The largest absolute Gasteiger partial charge is 0.493 e. The van der Waals surface area contributed by atoms with Crippen LogP contribution in [0.3, 0.4) is 0 Å². The summed E-state index contributed by atoms with van der Waals surface area (Å²) in [6.45, 7) is 6.64. The van der Waals surface area contributed by atoms with Crippen molar-refractivity contribution in [1.29, 1.82) is 0 Å². The Balaban J connectivity index is 2.82. The van der Waals surface area contributed by atoms with E-state index >= 15 is 0 Å². The van der Waals surface area contributed by atoms with Crippen LogP contribution in [0, 0.1) is 16.0 Å². The number of hydrogen-bond donors (Lipinski definition) is 2. The molecule has 0 aliphatic heterocycles. The molecule has 1 unspecified atom stereocenters. The highest BCUT2D eigenvalue weighted by Crippen LogP contribution is 2.26. The number of aliphatic hydroxyl groups excluding tert-OH is 1. The number of rotatable bonds is 8. The van der Waals surface area contributed by atoms with Crippen molar-refractivity contribution in [2.45, 2.75) is 33.3 Å². The second-order valence-electron chi connectivity index (χ2n) is 5.01. The fourth-order valence-electron chi connectivity index (χ4n) is 1.55. The number of nitrogens with one attached hydrogen (secondary N) is 1. The van der Waals surface area contributed by atoms with Gasteiger partial charge in [-0.3, -0.25) is 10.1 Å². The number of nitro groups is 1. The Morgan fingerprint density at radius 1 is 1.40 bits per heavy atom. The van der Waals surface area contributed by atoms with E-state index in [1.165, 1.54) is 12.1 Å². The van der Waals surface area contributed by atoms with Gasteiger partial charge in [0, 0.05) is 24.4 Å². The van der Waals surface area contributed by atoms with E-state index in [0.29, 0.717) is 24.6 Å². The molecule has 112 valence electrons. The van der Waals surface area contributed by atoms with Gasteiger partial charge in [0.25, 0.3) is 5.69 Å². The summed E-state index contributed by atoms with van der Waals surface area (Å²) in [4.78, 5) is 10.4. The van der Waals surface area contributed by atoms with Gasteiger partial charge in [0.2, 0.25) is 0 Å². The van der Waals surface area contributed by atoms with E-state index in [1.54, 1.807) is 6.07 Å². The highest BCUT2D eigenvalue weighted by atomic mass is 16.6. The maximum atomic E-state index is 10.9. The summed E-state index contributed by atoms with van der Waals surface area (Å²) in [5, 5.41) is 23.7. The van der Waals surface area contributed by atoms with Crippen molar-refractivity contribution in [1.82, 2.24) is 0 Å². The van der Waals surface area contributed by atoms with Crippen molar-refractivity contribution >= 4 is 11.4 Å². The zero-order valence-electron chi connectivity index (χ0n) is 12.1. The maximum absolute atomic E-state index is 10.9. The standard InChI is InChI=1S/C14H22N2O4/c1-4-5-20-13-7-11(6-12(8-13)16(18)19)15-9-14(17)10(2)3/h6-8,10,14-15,17H,4-5,9H2,1-3H3. The fourth-order valence-corrected chi connectivity index (χ4v) is 1.55. The molecule has 0 saturated heterocycles. The molecule has 0 aliphatic rings. The molecule has 6 heteroatoms. The molecule has 0 aliphatic carbocycles. The number of benzene rings is 1. The first-order valence-corrected chi connectivity index (χ1v) is 6.78. The summed E-state index contributed by atoms with van der Waals surface area (Å²) in [7, 11) is 0. The number of nitrogens with zero attached hydrogens (tertiary/aromatic N) is 1. The third-order valence-electron chi connectivity index (χ3n) is 2.86. The van der Waals surface area contributed by atoms with Crippen LogP contribution in [0.5, 0.6) is 5.75 Å². The number of ether oxygens (including phenoxy) is 1. The second kappa shape index (κ2) is 7.69. The number of aliphatic hydroxyl groups is 1. The van der Waals surface area contributed by atoms with Gasteiger partial charge in [0.15, 0.2) is 0 Å². The molecule has 0 saturated carbocycles. The quantitative estimate of drug-likeness (QED) is 0.565. The Labute approximate surface area is 118 Å². The predicted octanol–water partition coefficient (Wildman–Crippen LogP) is 2.81. The molecule has 1 atom stereocenters. The highest BCUT2D eigenvalue weighted by Gasteiger charge is 2.13. The van der Waals surface area contributed by atoms with Crippen molar-refractivity contribution in [3.05, 3.63) is 28.3 Å². The van der Waals surface area contributed by atoms with Crippen LogP contribution < -0.4 is 10.1 Å². The number of anilines is 1. The van der Waals surface area contributed by atoms with E-state index in [4.69, 9.17) is 4.74 Å². The summed E-state index contributed by atoms with van der Waals surface area (Å²) in [5.41, 5.74) is 0.546. The molecular weight excluding hydrogens is 260 g/mol. The number of non-ortho nitro benzene ring substituents is 1. The lowest BCUT2D eigenvalue weighted by Gasteiger charge is -2.16. The number of hydrogen-bond acceptors (Lipinski definition) is 5. The highest BCUT2D eigenvalue weighted by molar-refractivity contribution is 5.56. The Bertz CT molecular complexity index is 449. The van der Waals surface area contributed by atoms with Crippen LogP contribution in [-0.2, 0) is 0 Å². The molecule has 6 nitrogen and oxygen atoms in total. The van der Waals surface area contributed by atoms with E-state index in [1.807, 2.05) is 20.8 Å². The fraction of sp³-hybridized carbons (Fsp3) is 0.571. The molecule has 0 radical (unpaired) electrons. The molecule has 1 aromatic rings. The molecule has 0 aromatic heterocycles. The minimum Gasteiger partial charge on any atom is -0.493 e. The van der Waals surface area contributed by atoms with Gasteiger partial charge in [-0.05, 0) is 12.3 Å². The molecule has 0 fully saturated rings. The summed E-state index contributed by atoms with van der Waals surface area (Å²) < 4.78 is 5.43. The molecule has 20 heavy (non-hydrogen) atoms. The van der Waals surface area contributed by atoms with Crippen LogP contribution in [0.15, 0.2) is 18.2 Å². The van der Waals surface area contributed by atoms with E-state index in [0.717, 1.165) is 6.42 Å². The van der Waals surface area contributed by atoms with Crippen molar-refractivity contribution in [3.63, 3.8) is 0 Å². The van der Waals surface area contributed by atoms with Crippen molar-refractivity contribution in [2.24, 2.45) is 5.92 Å². The first kappa shape index (κ1) is 16.2. The average molecular weight is 282 g/mol. The van der Waals surface area contributed by atoms with Gasteiger partial charge in [0.1, 0.15) is 5.75 Å². The second-order valence-corrected chi connectivity index (χ2v) is 5.01. The maximum Gasteiger partial charge on any atom is 0.275 e. The molecule has 0 spiro atoms. The van der Waals surface area contributed by atoms with E-state index in [-0.39, 0.29) is 11.6 Å². The van der Waals surface area contributed by atoms with Crippen molar-refractivity contribution < 1.29 is 14.8 Å². The molecule has 0 heterocycles. The van der Waals surface area contributed by atoms with Gasteiger partial charge in [-0.25, -0.2) is 0 Å². The molecule has 1 rings (SSSR count). The third kappa shape index (κ3) is 5.05. The van der Waals surface area contributed by atoms with E-state index < -0.39 is 11.0 Å². The van der Waals surface area contributed by atoms with Crippen molar-refractivity contribution in [3.8, 4) is 5.75 Å². The van der Waals surface area contributed by atoms with E-state index in [9.17, 15) is 15.2 Å². The molecule has 0 amide bonds. The van der Waals surface area contributed by atoms with Gasteiger partial charge < -0.3 is 15.2 Å².